The van der Waals surface area contributed by atoms with E-state index >= 15 is 0 Å². The van der Waals surface area contributed by atoms with Crippen molar-refractivity contribution in [3.8, 4) is 11.5 Å². The van der Waals surface area contributed by atoms with Crippen molar-refractivity contribution in [3.63, 3.8) is 0 Å². The number of urea groups is 1. The first-order valence-electron chi connectivity index (χ1n) is 7.19. The quantitative estimate of drug-likeness (QED) is 0.725. The number of ether oxygens (including phenoxy) is 2. The van der Waals surface area contributed by atoms with Gasteiger partial charge in [0, 0.05) is 10.5 Å². The lowest BCUT2D eigenvalue weighted by molar-refractivity contribution is 0.249. The Morgan fingerprint density at radius 1 is 1.12 bits per heavy atom. The molecule has 0 saturated heterocycles. The van der Waals surface area contributed by atoms with Gasteiger partial charge in [0.25, 0.3) is 0 Å². The summed E-state index contributed by atoms with van der Waals surface area (Å²) in [5.74, 6) is 0.936. The van der Waals surface area contributed by atoms with Gasteiger partial charge >= 0.3 is 6.03 Å². The first kappa shape index (κ1) is 18.4. The van der Waals surface area contributed by atoms with Crippen molar-refractivity contribution in [2.24, 2.45) is 0 Å². The lowest BCUT2D eigenvalue weighted by Crippen LogP contribution is -2.31. The summed E-state index contributed by atoms with van der Waals surface area (Å²) in [6, 6.07) is 10.4. The Morgan fingerprint density at radius 3 is 2.33 bits per heavy atom. The Kier molecular flexibility index (Phi) is 6.34. The van der Waals surface area contributed by atoms with Crippen LogP contribution in [0.2, 0.25) is 5.02 Å². The summed E-state index contributed by atoms with van der Waals surface area (Å²) >= 11 is 9.49. The van der Waals surface area contributed by atoms with Crippen LogP contribution in [0.15, 0.2) is 40.9 Å². The third-order valence-corrected chi connectivity index (χ3v) is 4.26. The van der Waals surface area contributed by atoms with E-state index in [1.54, 1.807) is 12.1 Å². The fraction of sp³-hybridized carbons (Fsp3) is 0.235. The van der Waals surface area contributed by atoms with Gasteiger partial charge in [-0.05, 0) is 30.7 Å². The van der Waals surface area contributed by atoms with Crippen LogP contribution in [0.4, 0.5) is 10.5 Å². The molecule has 1 unspecified atom stereocenters. The third kappa shape index (κ3) is 4.55. The minimum absolute atomic E-state index is 0.155. The number of carbonyl (C=O) groups is 1. The van der Waals surface area contributed by atoms with Crippen LogP contribution in [0.1, 0.15) is 18.5 Å². The zero-order valence-electron chi connectivity index (χ0n) is 13.5. The molecular formula is C17H18BrClN2O3. The molecule has 0 aliphatic carbocycles. The summed E-state index contributed by atoms with van der Waals surface area (Å²) in [5.41, 5.74) is 1.46. The van der Waals surface area contributed by atoms with E-state index < -0.39 is 0 Å². The van der Waals surface area contributed by atoms with Gasteiger partial charge in [0.15, 0.2) is 0 Å². The zero-order chi connectivity index (χ0) is 17.7. The Bertz CT molecular complexity index is 723. The molecule has 0 fully saturated rings. The van der Waals surface area contributed by atoms with E-state index in [1.165, 1.54) is 14.2 Å². The number of anilines is 1. The van der Waals surface area contributed by atoms with Gasteiger partial charge in [0.2, 0.25) is 0 Å². The Labute approximate surface area is 154 Å². The molecule has 2 aromatic carbocycles. The molecular weight excluding hydrogens is 396 g/mol. The van der Waals surface area contributed by atoms with Gasteiger partial charge in [0.05, 0.1) is 31.0 Å². The van der Waals surface area contributed by atoms with Crippen LogP contribution in [-0.2, 0) is 0 Å². The fourth-order valence-corrected chi connectivity index (χ4v) is 2.65. The molecule has 0 heterocycles. The third-order valence-electron chi connectivity index (χ3n) is 3.44. The number of nitrogens with one attached hydrogen (secondary N) is 2. The highest BCUT2D eigenvalue weighted by Crippen LogP contribution is 2.35. The molecule has 0 bridgehead atoms. The Morgan fingerprint density at radius 2 is 1.75 bits per heavy atom. The molecule has 128 valence electrons. The number of carbonyl (C=O) groups excluding carboxylic acids is 1. The standard InChI is InChI=1S/C17H18BrClN2O3/c1-10(11-4-6-12(18)7-5-11)20-17(22)21-14-8-13(19)15(23-2)9-16(14)24-3/h4-10H,1-3H3,(H2,20,21,22). The van der Waals surface area contributed by atoms with E-state index in [0.29, 0.717) is 22.2 Å². The first-order chi connectivity index (χ1) is 11.4. The molecule has 0 radical (unpaired) electrons. The van der Waals surface area contributed by atoms with Crippen LogP contribution in [0.3, 0.4) is 0 Å². The zero-order valence-corrected chi connectivity index (χ0v) is 15.9. The van der Waals surface area contributed by atoms with Crippen molar-refractivity contribution < 1.29 is 14.3 Å². The number of halogens is 2. The number of rotatable bonds is 5. The second-order valence-electron chi connectivity index (χ2n) is 5.06. The molecule has 24 heavy (non-hydrogen) atoms. The number of hydrogen-bond donors (Lipinski definition) is 2. The smallest absolute Gasteiger partial charge is 0.319 e. The SMILES string of the molecule is COc1cc(OC)c(NC(=O)NC(C)c2ccc(Br)cc2)cc1Cl. The molecule has 2 aromatic rings. The first-order valence-corrected chi connectivity index (χ1v) is 8.36. The van der Waals surface area contributed by atoms with Crippen molar-refractivity contribution in [2.45, 2.75) is 13.0 Å². The summed E-state index contributed by atoms with van der Waals surface area (Å²) in [5, 5.41) is 5.99. The largest absolute Gasteiger partial charge is 0.495 e. The maximum Gasteiger partial charge on any atom is 0.319 e. The monoisotopic (exact) mass is 412 g/mol. The van der Waals surface area contributed by atoms with E-state index in [4.69, 9.17) is 21.1 Å². The van der Waals surface area contributed by atoms with E-state index in [9.17, 15) is 4.79 Å². The maximum atomic E-state index is 12.2. The van der Waals surface area contributed by atoms with Crippen molar-refractivity contribution >= 4 is 39.2 Å². The molecule has 1 atom stereocenters. The molecule has 0 aromatic heterocycles. The van der Waals surface area contributed by atoms with Crippen LogP contribution in [0, 0.1) is 0 Å². The van der Waals surface area contributed by atoms with Gasteiger partial charge in [0.1, 0.15) is 11.5 Å². The average Bonchev–Trinajstić information content (AvgIpc) is 2.55. The number of benzene rings is 2. The molecule has 0 aliphatic rings. The van der Waals surface area contributed by atoms with Crippen LogP contribution in [-0.4, -0.2) is 20.3 Å². The molecule has 7 heteroatoms. The predicted octanol–water partition coefficient (Wildman–Crippen LogP) is 5.00. The molecule has 2 N–H and O–H groups in total. The van der Waals surface area contributed by atoms with E-state index in [0.717, 1.165) is 10.0 Å². The van der Waals surface area contributed by atoms with E-state index in [-0.39, 0.29) is 12.1 Å². The highest BCUT2D eigenvalue weighted by molar-refractivity contribution is 9.10. The minimum atomic E-state index is -0.357. The lowest BCUT2D eigenvalue weighted by Gasteiger charge is -2.17. The second-order valence-corrected chi connectivity index (χ2v) is 6.38. The Balaban J connectivity index is 2.09. The van der Waals surface area contributed by atoms with Gasteiger partial charge in [-0.2, -0.15) is 0 Å². The summed E-state index contributed by atoms with van der Waals surface area (Å²) in [6.07, 6.45) is 0. The van der Waals surface area contributed by atoms with Crippen LogP contribution >= 0.6 is 27.5 Å². The van der Waals surface area contributed by atoms with Crippen LogP contribution in [0.25, 0.3) is 0 Å². The number of hydrogen-bond acceptors (Lipinski definition) is 3. The number of amides is 2. The van der Waals surface area contributed by atoms with Crippen LogP contribution in [0.5, 0.6) is 11.5 Å². The highest BCUT2D eigenvalue weighted by atomic mass is 79.9. The van der Waals surface area contributed by atoms with Crippen molar-refractivity contribution in [2.75, 3.05) is 19.5 Å². The van der Waals surface area contributed by atoms with Gasteiger partial charge in [-0.15, -0.1) is 0 Å². The van der Waals surface area contributed by atoms with Gasteiger partial charge in [-0.1, -0.05) is 39.7 Å². The maximum absolute atomic E-state index is 12.2. The highest BCUT2D eigenvalue weighted by Gasteiger charge is 2.14. The summed E-state index contributed by atoms with van der Waals surface area (Å²) in [7, 11) is 3.02. The Hall–Kier alpha value is -1.92. The van der Waals surface area contributed by atoms with Crippen molar-refractivity contribution in [3.05, 3.63) is 51.5 Å². The van der Waals surface area contributed by atoms with Gasteiger partial charge < -0.3 is 20.1 Å². The molecule has 5 nitrogen and oxygen atoms in total. The number of methoxy groups -OCH3 is 2. The molecule has 2 amide bonds. The normalized spacial score (nSPS) is 11.5. The molecule has 2 rings (SSSR count). The predicted molar refractivity (Wildman–Crippen MR) is 99.3 cm³/mol. The summed E-state index contributed by atoms with van der Waals surface area (Å²) in [6.45, 7) is 1.90. The van der Waals surface area contributed by atoms with Crippen LogP contribution < -0.4 is 20.1 Å². The molecule has 0 aliphatic heterocycles. The topological polar surface area (TPSA) is 59.6 Å². The average molecular weight is 414 g/mol. The van der Waals surface area contributed by atoms with E-state index in [1.807, 2.05) is 31.2 Å². The minimum Gasteiger partial charge on any atom is -0.495 e. The van der Waals surface area contributed by atoms with Crippen molar-refractivity contribution in [1.82, 2.24) is 5.32 Å². The lowest BCUT2D eigenvalue weighted by atomic mass is 10.1. The van der Waals surface area contributed by atoms with Gasteiger partial charge in [-0.3, -0.25) is 0 Å². The molecule has 0 spiro atoms. The van der Waals surface area contributed by atoms with Gasteiger partial charge in [-0.25, -0.2) is 4.79 Å². The fourth-order valence-electron chi connectivity index (χ4n) is 2.15. The summed E-state index contributed by atoms with van der Waals surface area (Å²) in [4.78, 5) is 12.2. The van der Waals surface area contributed by atoms with E-state index in [2.05, 4.69) is 26.6 Å². The van der Waals surface area contributed by atoms with Crippen molar-refractivity contribution in [1.29, 1.82) is 0 Å². The summed E-state index contributed by atoms with van der Waals surface area (Å²) < 4.78 is 11.4. The second kappa shape index (κ2) is 8.26. The molecule has 0 saturated carbocycles.